The van der Waals surface area contributed by atoms with Crippen LogP contribution in [-0.4, -0.2) is 13.8 Å². The molecule has 4 heteroatoms. The van der Waals surface area contributed by atoms with Crippen molar-refractivity contribution >= 4 is 0 Å². The van der Waals surface area contributed by atoms with Crippen LogP contribution >= 0.6 is 0 Å². The van der Waals surface area contributed by atoms with Gasteiger partial charge in [0, 0.05) is 6.04 Å². The molecular formula is C14H18N2O2. The molecule has 0 aliphatic carbocycles. The lowest BCUT2D eigenvalue weighted by Crippen LogP contribution is -2.27. The quantitative estimate of drug-likeness (QED) is 0.886. The maximum absolute atomic E-state index is 9.31. The van der Waals surface area contributed by atoms with Gasteiger partial charge in [-0.3, -0.25) is 0 Å². The molecule has 0 amide bonds. The average molecular weight is 246 g/mol. The molecule has 18 heavy (non-hydrogen) atoms. The fourth-order valence-electron chi connectivity index (χ4n) is 2.27. The van der Waals surface area contributed by atoms with Crippen molar-refractivity contribution in [2.45, 2.75) is 19.9 Å². The normalized spacial score (nSPS) is 16.4. The lowest BCUT2D eigenvalue weighted by molar-refractivity contribution is 0.174. The van der Waals surface area contributed by atoms with E-state index in [1.54, 1.807) is 0 Å². The van der Waals surface area contributed by atoms with Crippen molar-refractivity contribution in [1.82, 2.24) is 5.32 Å². The van der Waals surface area contributed by atoms with E-state index >= 15 is 0 Å². The van der Waals surface area contributed by atoms with Gasteiger partial charge in [0.15, 0.2) is 11.5 Å². The smallest absolute Gasteiger partial charge is 0.231 e. The zero-order chi connectivity index (χ0) is 13.1. The minimum Gasteiger partial charge on any atom is -0.454 e. The van der Waals surface area contributed by atoms with Gasteiger partial charge < -0.3 is 14.8 Å². The first-order valence-electron chi connectivity index (χ1n) is 6.13. The SMILES string of the molecule is CNC(c1ccc2c(c1)OCO2)C(C#N)C(C)C. The van der Waals surface area contributed by atoms with E-state index in [0.717, 1.165) is 17.1 Å². The van der Waals surface area contributed by atoms with Gasteiger partial charge in [-0.15, -0.1) is 0 Å². The minimum absolute atomic E-state index is 0.00417. The Kier molecular flexibility index (Phi) is 3.73. The number of nitrogens with zero attached hydrogens (tertiary/aromatic N) is 1. The van der Waals surface area contributed by atoms with Crippen LogP contribution in [0.25, 0.3) is 0 Å². The van der Waals surface area contributed by atoms with E-state index in [1.807, 2.05) is 25.2 Å². The number of benzene rings is 1. The van der Waals surface area contributed by atoms with E-state index in [9.17, 15) is 5.26 Å². The van der Waals surface area contributed by atoms with Crippen molar-refractivity contribution in [3.63, 3.8) is 0 Å². The van der Waals surface area contributed by atoms with E-state index in [1.165, 1.54) is 0 Å². The molecule has 2 unspecified atom stereocenters. The van der Waals surface area contributed by atoms with Crippen LogP contribution in [0, 0.1) is 23.2 Å². The Morgan fingerprint density at radius 2 is 2.00 bits per heavy atom. The molecule has 4 nitrogen and oxygen atoms in total. The molecule has 0 aromatic heterocycles. The summed E-state index contributed by atoms with van der Waals surface area (Å²) in [6.07, 6.45) is 0. The number of hydrogen-bond donors (Lipinski definition) is 1. The summed E-state index contributed by atoms with van der Waals surface area (Å²) < 4.78 is 10.7. The Labute approximate surface area is 108 Å². The zero-order valence-electron chi connectivity index (χ0n) is 10.9. The molecule has 0 spiro atoms. The summed E-state index contributed by atoms with van der Waals surface area (Å²) >= 11 is 0. The lowest BCUT2D eigenvalue weighted by Gasteiger charge is -2.24. The summed E-state index contributed by atoms with van der Waals surface area (Å²) in [5.41, 5.74) is 1.06. The number of ether oxygens (including phenoxy) is 2. The lowest BCUT2D eigenvalue weighted by atomic mass is 9.85. The Hall–Kier alpha value is -1.73. The average Bonchev–Trinajstić information content (AvgIpc) is 2.82. The van der Waals surface area contributed by atoms with Crippen LogP contribution in [0.2, 0.25) is 0 Å². The van der Waals surface area contributed by atoms with Crippen molar-refractivity contribution in [1.29, 1.82) is 5.26 Å². The highest BCUT2D eigenvalue weighted by atomic mass is 16.7. The topological polar surface area (TPSA) is 54.3 Å². The standard InChI is InChI=1S/C14H18N2O2/c1-9(2)11(7-15)14(16-3)10-4-5-12-13(6-10)18-8-17-12/h4-6,9,11,14,16H,8H2,1-3H3. The first-order valence-corrected chi connectivity index (χ1v) is 6.13. The predicted octanol–water partition coefficient (Wildman–Crippen LogP) is 2.47. The van der Waals surface area contributed by atoms with E-state index < -0.39 is 0 Å². The first-order chi connectivity index (χ1) is 8.67. The van der Waals surface area contributed by atoms with Crippen molar-refractivity contribution in [3.05, 3.63) is 23.8 Å². The summed E-state index contributed by atoms with van der Waals surface area (Å²) in [6, 6.07) is 8.23. The minimum atomic E-state index is -0.0737. The van der Waals surface area contributed by atoms with Crippen LogP contribution < -0.4 is 14.8 Å². The van der Waals surface area contributed by atoms with Gasteiger partial charge >= 0.3 is 0 Å². The number of nitrogens with one attached hydrogen (secondary N) is 1. The van der Waals surface area contributed by atoms with E-state index in [0.29, 0.717) is 0 Å². The van der Waals surface area contributed by atoms with Gasteiger partial charge in [0.2, 0.25) is 6.79 Å². The molecule has 1 aromatic carbocycles. The van der Waals surface area contributed by atoms with Gasteiger partial charge in [-0.05, 0) is 30.7 Å². The maximum atomic E-state index is 9.31. The molecule has 0 saturated heterocycles. The summed E-state index contributed by atoms with van der Waals surface area (Å²) in [6.45, 7) is 4.39. The van der Waals surface area contributed by atoms with Crippen LogP contribution in [0.5, 0.6) is 11.5 Å². The fourth-order valence-corrected chi connectivity index (χ4v) is 2.27. The van der Waals surface area contributed by atoms with Crippen LogP contribution in [0.3, 0.4) is 0 Å². The summed E-state index contributed by atoms with van der Waals surface area (Å²) in [5.74, 6) is 1.74. The number of nitriles is 1. The fraction of sp³-hybridized carbons (Fsp3) is 0.500. The van der Waals surface area contributed by atoms with Crippen molar-refractivity contribution < 1.29 is 9.47 Å². The highest BCUT2D eigenvalue weighted by Gasteiger charge is 2.26. The zero-order valence-corrected chi connectivity index (χ0v) is 10.9. The van der Waals surface area contributed by atoms with Crippen LogP contribution in [-0.2, 0) is 0 Å². The third kappa shape index (κ3) is 2.27. The molecule has 2 rings (SSSR count). The van der Waals surface area contributed by atoms with Crippen molar-refractivity contribution in [3.8, 4) is 17.6 Å². The van der Waals surface area contributed by atoms with Crippen LogP contribution in [0.15, 0.2) is 18.2 Å². The third-order valence-electron chi connectivity index (χ3n) is 3.29. The largest absolute Gasteiger partial charge is 0.454 e. The van der Waals surface area contributed by atoms with Gasteiger partial charge in [0.25, 0.3) is 0 Å². The van der Waals surface area contributed by atoms with Crippen LogP contribution in [0.1, 0.15) is 25.5 Å². The van der Waals surface area contributed by atoms with E-state index in [4.69, 9.17) is 9.47 Å². The first kappa shape index (κ1) is 12.7. The Morgan fingerprint density at radius 3 is 2.61 bits per heavy atom. The molecule has 0 radical (unpaired) electrons. The Bertz CT molecular complexity index is 465. The Morgan fingerprint density at radius 1 is 1.28 bits per heavy atom. The molecule has 1 aliphatic rings. The molecule has 0 fully saturated rings. The molecular weight excluding hydrogens is 228 g/mol. The molecule has 1 N–H and O–H groups in total. The van der Waals surface area contributed by atoms with Gasteiger partial charge in [0.05, 0.1) is 12.0 Å². The number of hydrogen-bond acceptors (Lipinski definition) is 4. The second-order valence-electron chi connectivity index (χ2n) is 4.78. The highest BCUT2D eigenvalue weighted by molar-refractivity contribution is 5.45. The second-order valence-corrected chi connectivity index (χ2v) is 4.78. The molecule has 0 saturated carbocycles. The van der Waals surface area contributed by atoms with Gasteiger partial charge in [-0.25, -0.2) is 0 Å². The summed E-state index contributed by atoms with van der Waals surface area (Å²) in [7, 11) is 1.88. The van der Waals surface area contributed by atoms with Gasteiger partial charge in [-0.2, -0.15) is 5.26 Å². The molecule has 1 heterocycles. The summed E-state index contributed by atoms with van der Waals surface area (Å²) in [5, 5.41) is 12.5. The molecule has 2 atom stereocenters. The number of rotatable bonds is 4. The molecule has 96 valence electrons. The maximum Gasteiger partial charge on any atom is 0.231 e. The summed E-state index contributed by atoms with van der Waals surface area (Å²) in [4.78, 5) is 0. The molecule has 1 aliphatic heterocycles. The second kappa shape index (κ2) is 5.28. The van der Waals surface area contributed by atoms with E-state index in [-0.39, 0.29) is 24.7 Å². The van der Waals surface area contributed by atoms with Crippen LogP contribution in [0.4, 0.5) is 0 Å². The number of fused-ring (bicyclic) bond motifs is 1. The van der Waals surface area contributed by atoms with Crippen molar-refractivity contribution in [2.75, 3.05) is 13.8 Å². The molecule has 0 bridgehead atoms. The van der Waals surface area contributed by atoms with Crippen molar-refractivity contribution in [2.24, 2.45) is 11.8 Å². The molecule has 1 aromatic rings. The monoisotopic (exact) mass is 246 g/mol. The predicted molar refractivity (Wildman–Crippen MR) is 68.3 cm³/mol. The Balaban J connectivity index is 2.30. The van der Waals surface area contributed by atoms with Gasteiger partial charge in [-0.1, -0.05) is 19.9 Å². The van der Waals surface area contributed by atoms with E-state index in [2.05, 4.69) is 25.2 Å². The third-order valence-corrected chi connectivity index (χ3v) is 3.29. The van der Waals surface area contributed by atoms with Gasteiger partial charge in [0.1, 0.15) is 0 Å². The highest BCUT2D eigenvalue weighted by Crippen LogP contribution is 2.36.